The van der Waals surface area contributed by atoms with Crippen molar-refractivity contribution in [2.45, 2.75) is 0 Å². The number of benzene rings is 2. The number of carbonyl (C=O) groups excluding carboxylic acids is 1. The number of furan rings is 1. The van der Waals surface area contributed by atoms with Gasteiger partial charge in [0.2, 0.25) is 0 Å². The minimum atomic E-state index is -0.992. The minimum Gasteiger partial charge on any atom is -0.493 e. The maximum Gasteiger partial charge on any atom is 0.335 e. The SMILES string of the molecule is COc1ccc(N2C(=O)C(=Cc3ccc(-c4ccc(C(=O)O)cc4)o3)SC2=S)cc1OC. The molecule has 4 rings (SSSR count). The number of anilines is 1. The Labute approximate surface area is 193 Å². The van der Waals surface area contributed by atoms with Crippen molar-refractivity contribution in [2.24, 2.45) is 0 Å². The summed E-state index contributed by atoms with van der Waals surface area (Å²) in [5.74, 6) is 0.826. The van der Waals surface area contributed by atoms with Crippen LogP contribution >= 0.6 is 24.0 Å². The number of methoxy groups -OCH3 is 2. The van der Waals surface area contributed by atoms with Gasteiger partial charge in [-0.1, -0.05) is 36.1 Å². The van der Waals surface area contributed by atoms with E-state index in [0.29, 0.717) is 37.9 Å². The van der Waals surface area contributed by atoms with Crippen LogP contribution < -0.4 is 14.4 Å². The van der Waals surface area contributed by atoms with Crippen LogP contribution in [0, 0.1) is 0 Å². The molecule has 1 amide bonds. The third kappa shape index (κ3) is 4.12. The number of rotatable bonds is 6. The fraction of sp³-hybridized carbons (Fsp3) is 0.0870. The zero-order valence-electron chi connectivity index (χ0n) is 17.0. The molecule has 1 fully saturated rings. The second-order valence-electron chi connectivity index (χ2n) is 6.64. The lowest BCUT2D eigenvalue weighted by molar-refractivity contribution is -0.113. The standard InChI is InChI=1S/C23H17NO6S2/c1-28-18-9-7-15(11-19(18)29-2)24-21(25)20(32-23(24)31)12-16-8-10-17(30-16)13-3-5-14(6-4-13)22(26)27/h3-12H,1-2H3,(H,26,27). The van der Waals surface area contributed by atoms with Gasteiger partial charge in [-0.3, -0.25) is 9.69 Å². The van der Waals surface area contributed by atoms with Crippen LogP contribution in [0.2, 0.25) is 0 Å². The van der Waals surface area contributed by atoms with Crippen molar-refractivity contribution in [1.29, 1.82) is 0 Å². The summed E-state index contributed by atoms with van der Waals surface area (Å²) >= 11 is 6.60. The van der Waals surface area contributed by atoms with Crippen molar-refractivity contribution in [2.75, 3.05) is 19.1 Å². The summed E-state index contributed by atoms with van der Waals surface area (Å²) < 4.78 is 16.8. The summed E-state index contributed by atoms with van der Waals surface area (Å²) in [6.45, 7) is 0. The van der Waals surface area contributed by atoms with Crippen LogP contribution in [0.4, 0.5) is 5.69 Å². The van der Waals surface area contributed by atoms with Gasteiger partial charge in [-0.2, -0.15) is 0 Å². The fourth-order valence-electron chi connectivity index (χ4n) is 3.15. The molecule has 3 aromatic rings. The highest BCUT2D eigenvalue weighted by atomic mass is 32.2. The number of thiocarbonyl (C=S) groups is 1. The van der Waals surface area contributed by atoms with E-state index in [4.69, 9.17) is 31.2 Å². The Morgan fingerprint density at radius 2 is 1.78 bits per heavy atom. The molecule has 1 aliphatic rings. The average molecular weight is 468 g/mol. The molecule has 9 heteroatoms. The highest BCUT2D eigenvalue weighted by Gasteiger charge is 2.34. The molecular weight excluding hydrogens is 450 g/mol. The summed E-state index contributed by atoms with van der Waals surface area (Å²) in [5.41, 5.74) is 1.50. The first-order valence-corrected chi connectivity index (χ1v) is 10.6. The summed E-state index contributed by atoms with van der Waals surface area (Å²) in [6, 6.07) is 15.0. The second kappa shape index (κ2) is 8.89. The van der Waals surface area contributed by atoms with Gasteiger partial charge < -0.3 is 19.0 Å². The average Bonchev–Trinajstić information content (AvgIpc) is 3.37. The number of carboxylic acid groups (broad SMARTS) is 1. The molecule has 0 unspecified atom stereocenters. The van der Waals surface area contributed by atoms with Crippen LogP contribution in [-0.4, -0.2) is 35.5 Å². The van der Waals surface area contributed by atoms with E-state index in [9.17, 15) is 9.59 Å². The number of thioether (sulfide) groups is 1. The van der Waals surface area contributed by atoms with Crippen molar-refractivity contribution >= 4 is 51.9 Å². The summed E-state index contributed by atoms with van der Waals surface area (Å²) in [4.78, 5) is 25.9. The van der Waals surface area contributed by atoms with Gasteiger partial charge in [0.05, 0.1) is 30.4 Å². The van der Waals surface area contributed by atoms with Gasteiger partial charge in [0.25, 0.3) is 5.91 Å². The fourth-order valence-corrected chi connectivity index (χ4v) is 4.43. The maximum atomic E-state index is 13.0. The quantitative estimate of drug-likeness (QED) is 0.397. The van der Waals surface area contributed by atoms with Gasteiger partial charge in [-0.05, 0) is 36.4 Å². The zero-order valence-corrected chi connectivity index (χ0v) is 18.7. The predicted octanol–water partition coefficient (Wildman–Crippen LogP) is 5.07. The number of aromatic carboxylic acids is 1. The van der Waals surface area contributed by atoms with E-state index in [2.05, 4.69) is 0 Å². The van der Waals surface area contributed by atoms with Crippen LogP contribution in [0.5, 0.6) is 11.5 Å². The first-order chi connectivity index (χ1) is 15.4. The van der Waals surface area contributed by atoms with E-state index >= 15 is 0 Å². The second-order valence-corrected chi connectivity index (χ2v) is 8.32. The molecule has 1 N–H and O–H groups in total. The predicted molar refractivity (Wildman–Crippen MR) is 126 cm³/mol. The molecule has 1 aliphatic heterocycles. The Hall–Kier alpha value is -3.56. The zero-order chi connectivity index (χ0) is 22.8. The minimum absolute atomic E-state index is 0.194. The third-order valence-corrected chi connectivity index (χ3v) is 6.04. The maximum absolute atomic E-state index is 13.0. The molecule has 2 aromatic carbocycles. The topological polar surface area (TPSA) is 89.2 Å². The molecule has 162 valence electrons. The lowest BCUT2D eigenvalue weighted by atomic mass is 10.1. The Morgan fingerprint density at radius 1 is 1.06 bits per heavy atom. The van der Waals surface area contributed by atoms with Gasteiger partial charge in [0.15, 0.2) is 15.8 Å². The first kappa shape index (κ1) is 21.7. The number of ether oxygens (including phenoxy) is 2. The van der Waals surface area contributed by atoms with E-state index in [1.807, 2.05) is 0 Å². The van der Waals surface area contributed by atoms with E-state index in [1.165, 1.54) is 43.0 Å². The number of nitrogens with zero attached hydrogens (tertiary/aromatic N) is 1. The molecule has 0 spiro atoms. The van der Waals surface area contributed by atoms with Gasteiger partial charge in [0.1, 0.15) is 11.5 Å². The summed E-state index contributed by atoms with van der Waals surface area (Å²) in [7, 11) is 3.06. The number of carbonyl (C=O) groups is 2. The molecule has 1 saturated heterocycles. The van der Waals surface area contributed by atoms with Crippen molar-refractivity contribution in [3.63, 3.8) is 0 Å². The van der Waals surface area contributed by atoms with Crippen molar-refractivity contribution in [3.05, 3.63) is 70.8 Å². The molecule has 0 bridgehead atoms. The van der Waals surface area contributed by atoms with E-state index in [-0.39, 0.29) is 11.5 Å². The van der Waals surface area contributed by atoms with Crippen LogP contribution in [0.1, 0.15) is 16.1 Å². The smallest absolute Gasteiger partial charge is 0.335 e. The van der Waals surface area contributed by atoms with Gasteiger partial charge in [0, 0.05) is 17.7 Å². The molecule has 0 aliphatic carbocycles. The van der Waals surface area contributed by atoms with E-state index in [1.54, 1.807) is 48.5 Å². The molecule has 2 heterocycles. The highest BCUT2D eigenvalue weighted by Crippen LogP contribution is 2.39. The lowest BCUT2D eigenvalue weighted by Gasteiger charge is -2.16. The van der Waals surface area contributed by atoms with E-state index in [0.717, 1.165) is 5.56 Å². The third-order valence-electron chi connectivity index (χ3n) is 4.74. The molecule has 32 heavy (non-hydrogen) atoms. The number of hydrogen-bond acceptors (Lipinski definition) is 7. The van der Waals surface area contributed by atoms with Crippen LogP contribution in [-0.2, 0) is 4.79 Å². The van der Waals surface area contributed by atoms with Crippen LogP contribution in [0.25, 0.3) is 17.4 Å². The Balaban J connectivity index is 1.58. The van der Waals surface area contributed by atoms with Gasteiger partial charge in [-0.25, -0.2) is 4.79 Å². The Morgan fingerprint density at radius 3 is 2.44 bits per heavy atom. The van der Waals surface area contributed by atoms with Crippen molar-refractivity contribution in [3.8, 4) is 22.8 Å². The molecule has 7 nitrogen and oxygen atoms in total. The normalized spacial score (nSPS) is 14.8. The van der Waals surface area contributed by atoms with E-state index < -0.39 is 5.97 Å². The highest BCUT2D eigenvalue weighted by molar-refractivity contribution is 8.27. The summed E-state index contributed by atoms with van der Waals surface area (Å²) in [5, 5.41) is 9.02. The molecule has 0 radical (unpaired) electrons. The number of carboxylic acids is 1. The van der Waals surface area contributed by atoms with Crippen molar-refractivity contribution in [1.82, 2.24) is 0 Å². The lowest BCUT2D eigenvalue weighted by Crippen LogP contribution is -2.27. The van der Waals surface area contributed by atoms with Crippen LogP contribution in [0.15, 0.2) is 63.9 Å². The number of amides is 1. The van der Waals surface area contributed by atoms with Crippen molar-refractivity contribution < 1.29 is 28.6 Å². The van der Waals surface area contributed by atoms with Gasteiger partial charge in [-0.15, -0.1) is 0 Å². The molecule has 0 saturated carbocycles. The van der Waals surface area contributed by atoms with Crippen LogP contribution in [0.3, 0.4) is 0 Å². The molecule has 0 atom stereocenters. The summed E-state index contributed by atoms with van der Waals surface area (Å²) in [6.07, 6.45) is 1.63. The Bertz CT molecular complexity index is 1250. The molecular formula is C23H17NO6S2. The molecule has 1 aromatic heterocycles. The Kier molecular flexibility index (Phi) is 6.02. The first-order valence-electron chi connectivity index (χ1n) is 9.35. The largest absolute Gasteiger partial charge is 0.493 e. The van der Waals surface area contributed by atoms with Gasteiger partial charge >= 0.3 is 5.97 Å². The monoisotopic (exact) mass is 467 g/mol. The number of hydrogen-bond donors (Lipinski definition) is 1.